The Morgan fingerprint density at radius 1 is 1.57 bits per heavy atom. The van der Waals surface area contributed by atoms with Crippen molar-refractivity contribution < 1.29 is 4.74 Å². The molecule has 0 saturated heterocycles. The summed E-state index contributed by atoms with van der Waals surface area (Å²) in [6.45, 7) is 10.8. The highest BCUT2D eigenvalue weighted by molar-refractivity contribution is 4.84. The summed E-state index contributed by atoms with van der Waals surface area (Å²) >= 11 is 0. The van der Waals surface area contributed by atoms with Gasteiger partial charge in [0.2, 0.25) is 0 Å². The maximum Gasteiger partial charge on any atom is 0.0589 e. The average molecular weight is 200 g/mol. The number of nitrogens with one attached hydrogen (secondary N) is 1. The maximum atomic E-state index is 5.03. The van der Waals surface area contributed by atoms with E-state index in [4.69, 9.17) is 4.74 Å². The average Bonchev–Trinajstić information content (AvgIpc) is 2.13. The number of hydrogen-bond acceptors (Lipinski definition) is 3. The first-order valence-corrected chi connectivity index (χ1v) is 5.16. The standard InChI is InChI=1S/C11H24N2O/c1-10(2)12-7-6-11(3)13(4)8-9-14-5/h11-12H,1,6-9H2,2-5H3. The molecule has 0 radical (unpaired) electrons. The summed E-state index contributed by atoms with van der Waals surface area (Å²) in [7, 11) is 3.87. The van der Waals surface area contributed by atoms with Crippen molar-refractivity contribution in [1.29, 1.82) is 0 Å². The molecule has 0 aliphatic heterocycles. The van der Waals surface area contributed by atoms with Gasteiger partial charge < -0.3 is 15.0 Å². The minimum atomic E-state index is 0.581. The molecule has 3 nitrogen and oxygen atoms in total. The van der Waals surface area contributed by atoms with Crippen LogP contribution < -0.4 is 5.32 Å². The molecule has 3 heteroatoms. The van der Waals surface area contributed by atoms with Crippen LogP contribution in [0.15, 0.2) is 12.3 Å². The molecule has 1 unspecified atom stereocenters. The maximum absolute atomic E-state index is 5.03. The summed E-state index contributed by atoms with van der Waals surface area (Å²) in [5.41, 5.74) is 1.04. The zero-order valence-electron chi connectivity index (χ0n) is 9.97. The molecule has 1 atom stereocenters. The summed E-state index contributed by atoms with van der Waals surface area (Å²) in [5.74, 6) is 0. The van der Waals surface area contributed by atoms with Crippen molar-refractivity contribution in [3.05, 3.63) is 12.3 Å². The molecule has 14 heavy (non-hydrogen) atoms. The first-order chi connectivity index (χ1) is 6.57. The molecule has 0 fully saturated rings. The van der Waals surface area contributed by atoms with E-state index >= 15 is 0 Å². The van der Waals surface area contributed by atoms with Crippen LogP contribution in [-0.4, -0.2) is 44.8 Å². The summed E-state index contributed by atoms with van der Waals surface area (Å²) in [4.78, 5) is 2.31. The van der Waals surface area contributed by atoms with Crippen LogP contribution in [0, 0.1) is 0 Å². The number of likely N-dealkylation sites (N-methyl/N-ethyl adjacent to an activating group) is 1. The molecule has 0 aromatic rings. The molecule has 0 heterocycles. The Kier molecular flexibility index (Phi) is 7.52. The van der Waals surface area contributed by atoms with E-state index in [-0.39, 0.29) is 0 Å². The Morgan fingerprint density at radius 2 is 2.21 bits per heavy atom. The number of hydrogen-bond donors (Lipinski definition) is 1. The van der Waals surface area contributed by atoms with Crippen molar-refractivity contribution in [2.45, 2.75) is 26.3 Å². The summed E-state index contributed by atoms with van der Waals surface area (Å²) in [5, 5.41) is 3.23. The van der Waals surface area contributed by atoms with Crippen molar-refractivity contribution >= 4 is 0 Å². The summed E-state index contributed by atoms with van der Waals surface area (Å²) in [6, 6.07) is 0.581. The van der Waals surface area contributed by atoms with E-state index in [0.29, 0.717) is 6.04 Å². The number of methoxy groups -OCH3 is 1. The third kappa shape index (κ3) is 6.92. The summed E-state index contributed by atoms with van der Waals surface area (Å²) in [6.07, 6.45) is 1.13. The van der Waals surface area contributed by atoms with Crippen molar-refractivity contribution in [2.75, 3.05) is 33.9 Å². The van der Waals surface area contributed by atoms with Crippen molar-refractivity contribution in [3.63, 3.8) is 0 Å². The minimum absolute atomic E-state index is 0.581. The summed E-state index contributed by atoms with van der Waals surface area (Å²) < 4.78 is 5.03. The number of allylic oxidation sites excluding steroid dienone is 1. The third-order valence-electron chi connectivity index (χ3n) is 2.39. The molecule has 0 aromatic carbocycles. The third-order valence-corrected chi connectivity index (χ3v) is 2.39. The Hall–Kier alpha value is -0.540. The predicted octanol–water partition coefficient (Wildman–Crippen LogP) is 1.47. The molecular weight excluding hydrogens is 176 g/mol. The fourth-order valence-corrected chi connectivity index (χ4v) is 1.17. The van der Waals surface area contributed by atoms with Gasteiger partial charge in [0, 0.05) is 31.9 Å². The van der Waals surface area contributed by atoms with Gasteiger partial charge in [-0.15, -0.1) is 0 Å². The van der Waals surface area contributed by atoms with Gasteiger partial charge in [-0.2, -0.15) is 0 Å². The molecule has 0 saturated carbocycles. The SMILES string of the molecule is C=C(C)NCCC(C)N(C)CCOC. The van der Waals surface area contributed by atoms with Gasteiger partial charge in [-0.3, -0.25) is 0 Å². The quantitative estimate of drug-likeness (QED) is 0.642. The molecular formula is C11H24N2O. The second-order valence-electron chi connectivity index (χ2n) is 3.82. The van der Waals surface area contributed by atoms with Crippen molar-refractivity contribution in [2.24, 2.45) is 0 Å². The highest BCUT2D eigenvalue weighted by Gasteiger charge is 2.07. The lowest BCUT2D eigenvalue weighted by Crippen LogP contribution is -2.34. The lowest BCUT2D eigenvalue weighted by atomic mass is 10.2. The van der Waals surface area contributed by atoms with Gasteiger partial charge in [0.25, 0.3) is 0 Å². The van der Waals surface area contributed by atoms with E-state index in [2.05, 4.69) is 30.8 Å². The second-order valence-corrected chi connectivity index (χ2v) is 3.82. The number of nitrogens with zero attached hydrogens (tertiary/aromatic N) is 1. The first-order valence-electron chi connectivity index (χ1n) is 5.16. The van der Waals surface area contributed by atoms with Crippen LogP contribution in [0.25, 0.3) is 0 Å². The fraction of sp³-hybridized carbons (Fsp3) is 0.818. The van der Waals surface area contributed by atoms with E-state index in [1.807, 2.05) is 6.92 Å². The van der Waals surface area contributed by atoms with Gasteiger partial charge in [-0.1, -0.05) is 6.58 Å². The lowest BCUT2D eigenvalue weighted by Gasteiger charge is -2.24. The minimum Gasteiger partial charge on any atom is -0.389 e. The Morgan fingerprint density at radius 3 is 2.71 bits per heavy atom. The van der Waals surface area contributed by atoms with Crippen molar-refractivity contribution in [3.8, 4) is 0 Å². The molecule has 84 valence electrons. The van der Waals surface area contributed by atoms with Crippen LogP contribution in [0.1, 0.15) is 20.3 Å². The fourth-order valence-electron chi connectivity index (χ4n) is 1.17. The van der Waals surface area contributed by atoms with Gasteiger partial charge in [-0.25, -0.2) is 0 Å². The topological polar surface area (TPSA) is 24.5 Å². The highest BCUT2D eigenvalue weighted by atomic mass is 16.5. The molecule has 0 aliphatic rings. The van der Waals surface area contributed by atoms with E-state index in [1.54, 1.807) is 7.11 Å². The lowest BCUT2D eigenvalue weighted by molar-refractivity contribution is 0.140. The van der Waals surface area contributed by atoms with Gasteiger partial charge >= 0.3 is 0 Å². The Balaban J connectivity index is 3.50. The second kappa shape index (κ2) is 7.83. The monoisotopic (exact) mass is 200 g/mol. The van der Waals surface area contributed by atoms with E-state index in [1.165, 1.54) is 0 Å². The smallest absolute Gasteiger partial charge is 0.0589 e. The van der Waals surface area contributed by atoms with E-state index in [0.717, 1.165) is 31.8 Å². The predicted molar refractivity (Wildman–Crippen MR) is 61.4 cm³/mol. The number of rotatable bonds is 8. The van der Waals surface area contributed by atoms with E-state index in [9.17, 15) is 0 Å². The molecule has 0 bridgehead atoms. The highest BCUT2D eigenvalue weighted by Crippen LogP contribution is 1.99. The normalized spacial score (nSPS) is 12.9. The van der Waals surface area contributed by atoms with Gasteiger partial charge in [-0.05, 0) is 27.3 Å². The van der Waals surface area contributed by atoms with Crippen LogP contribution in [-0.2, 0) is 4.74 Å². The zero-order chi connectivity index (χ0) is 11.0. The van der Waals surface area contributed by atoms with E-state index < -0.39 is 0 Å². The molecule has 0 amide bonds. The molecule has 0 spiro atoms. The van der Waals surface area contributed by atoms with Gasteiger partial charge in [0.1, 0.15) is 0 Å². The van der Waals surface area contributed by atoms with Crippen LogP contribution >= 0.6 is 0 Å². The molecule has 0 aliphatic carbocycles. The number of ether oxygens (including phenoxy) is 1. The molecule has 0 rings (SSSR count). The zero-order valence-corrected chi connectivity index (χ0v) is 9.97. The van der Waals surface area contributed by atoms with Crippen LogP contribution in [0.3, 0.4) is 0 Å². The molecule has 0 aromatic heterocycles. The van der Waals surface area contributed by atoms with Crippen molar-refractivity contribution in [1.82, 2.24) is 10.2 Å². The van der Waals surface area contributed by atoms with Gasteiger partial charge in [0.05, 0.1) is 6.61 Å². The Labute approximate surface area is 88.1 Å². The van der Waals surface area contributed by atoms with Crippen LogP contribution in [0.5, 0.6) is 0 Å². The molecule has 1 N–H and O–H groups in total. The largest absolute Gasteiger partial charge is 0.389 e. The van der Waals surface area contributed by atoms with Crippen LogP contribution in [0.2, 0.25) is 0 Å². The first kappa shape index (κ1) is 13.5. The van der Waals surface area contributed by atoms with Gasteiger partial charge in [0.15, 0.2) is 0 Å². The Bertz CT molecular complexity index is 159. The van der Waals surface area contributed by atoms with Crippen LogP contribution in [0.4, 0.5) is 0 Å².